The van der Waals surface area contributed by atoms with Crippen LogP contribution in [-0.2, 0) is 15.1 Å². The lowest BCUT2D eigenvalue weighted by atomic mass is 10.1. The zero-order chi connectivity index (χ0) is 16.1. The van der Waals surface area contributed by atoms with E-state index in [-0.39, 0.29) is 11.8 Å². The molecule has 2 atom stereocenters. The van der Waals surface area contributed by atoms with Gasteiger partial charge in [-0.1, -0.05) is 60.7 Å². The topological polar surface area (TPSA) is 50.7 Å². The monoisotopic (exact) mass is 308 g/mol. The van der Waals surface area contributed by atoms with E-state index < -0.39 is 5.60 Å². The number of carbonyl (C=O) groups is 1. The van der Waals surface area contributed by atoms with E-state index in [0.717, 1.165) is 11.1 Å². The van der Waals surface area contributed by atoms with Crippen molar-refractivity contribution in [3.8, 4) is 0 Å². The summed E-state index contributed by atoms with van der Waals surface area (Å²) in [7, 11) is 0. The lowest BCUT2D eigenvalue weighted by Crippen LogP contribution is -2.26. The third kappa shape index (κ3) is 3.32. The Morgan fingerprint density at radius 3 is 2.52 bits per heavy atom. The van der Waals surface area contributed by atoms with E-state index in [2.05, 4.69) is 10.5 Å². The molecular weight excluding hydrogens is 288 g/mol. The number of nitrogens with zero attached hydrogens (tertiary/aromatic N) is 1. The molecule has 1 aliphatic rings. The molecule has 0 saturated heterocycles. The van der Waals surface area contributed by atoms with E-state index in [9.17, 15) is 4.79 Å². The van der Waals surface area contributed by atoms with Gasteiger partial charge in [0.05, 0.1) is 12.1 Å². The first-order chi connectivity index (χ1) is 11.3. The van der Waals surface area contributed by atoms with Gasteiger partial charge in [-0.2, -0.15) is 5.10 Å². The van der Waals surface area contributed by atoms with Crippen molar-refractivity contribution in [1.82, 2.24) is 5.43 Å². The molecule has 23 heavy (non-hydrogen) atoms. The van der Waals surface area contributed by atoms with Crippen LogP contribution in [0, 0.1) is 5.92 Å². The molecule has 2 aromatic rings. The Labute approximate surface area is 136 Å². The van der Waals surface area contributed by atoms with E-state index >= 15 is 0 Å². The summed E-state index contributed by atoms with van der Waals surface area (Å²) < 4.78 is 5.91. The summed E-state index contributed by atoms with van der Waals surface area (Å²) in [4.78, 5) is 12.4. The molecule has 0 aromatic heterocycles. The van der Waals surface area contributed by atoms with Gasteiger partial charge in [-0.25, -0.2) is 5.43 Å². The smallest absolute Gasteiger partial charge is 0.246 e. The minimum atomic E-state index is -0.498. The number of hydrazone groups is 1. The highest BCUT2D eigenvalue weighted by molar-refractivity contribution is 5.86. The Morgan fingerprint density at radius 1 is 1.22 bits per heavy atom. The zero-order valence-electron chi connectivity index (χ0n) is 13.1. The quantitative estimate of drug-likeness (QED) is 0.658. The fourth-order valence-corrected chi connectivity index (χ4v) is 2.88. The van der Waals surface area contributed by atoms with Crippen LogP contribution in [0.3, 0.4) is 0 Å². The van der Waals surface area contributed by atoms with Crippen molar-refractivity contribution in [2.24, 2.45) is 11.0 Å². The van der Waals surface area contributed by atoms with E-state index in [4.69, 9.17) is 4.74 Å². The van der Waals surface area contributed by atoms with E-state index in [1.54, 1.807) is 6.21 Å². The molecule has 0 heterocycles. The average molecular weight is 308 g/mol. The van der Waals surface area contributed by atoms with Crippen LogP contribution in [0.15, 0.2) is 65.8 Å². The number of ether oxygens (including phenoxy) is 1. The number of hydrogen-bond donors (Lipinski definition) is 1. The molecule has 1 amide bonds. The highest BCUT2D eigenvalue weighted by atomic mass is 16.5. The first-order valence-corrected chi connectivity index (χ1v) is 7.84. The fraction of sp³-hybridized carbons (Fsp3) is 0.263. The van der Waals surface area contributed by atoms with Gasteiger partial charge in [0, 0.05) is 6.61 Å². The second-order valence-corrected chi connectivity index (χ2v) is 5.59. The van der Waals surface area contributed by atoms with Gasteiger partial charge in [0.1, 0.15) is 5.60 Å². The second-order valence-electron chi connectivity index (χ2n) is 5.59. The third-order valence-electron chi connectivity index (χ3n) is 4.08. The number of hydrogen-bond acceptors (Lipinski definition) is 3. The predicted octanol–water partition coefficient (Wildman–Crippen LogP) is 3.09. The molecule has 0 spiro atoms. The SMILES string of the molecule is CCOC1(c2ccccc2)CC1C(=O)NN=Cc1ccccc1. The molecule has 0 bridgehead atoms. The van der Waals surface area contributed by atoms with Gasteiger partial charge in [0.15, 0.2) is 0 Å². The maximum atomic E-state index is 12.4. The summed E-state index contributed by atoms with van der Waals surface area (Å²) in [5, 5.41) is 4.04. The van der Waals surface area contributed by atoms with Gasteiger partial charge in [-0.15, -0.1) is 0 Å². The third-order valence-corrected chi connectivity index (χ3v) is 4.08. The molecule has 1 aliphatic carbocycles. The number of benzene rings is 2. The summed E-state index contributed by atoms with van der Waals surface area (Å²) in [6, 6.07) is 19.6. The van der Waals surface area contributed by atoms with Crippen molar-refractivity contribution < 1.29 is 9.53 Å². The van der Waals surface area contributed by atoms with Crippen LogP contribution in [-0.4, -0.2) is 18.7 Å². The Kier molecular flexibility index (Phi) is 4.53. The maximum absolute atomic E-state index is 12.4. The van der Waals surface area contributed by atoms with Crippen LogP contribution in [0.5, 0.6) is 0 Å². The molecule has 1 saturated carbocycles. The molecular formula is C19H20N2O2. The minimum absolute atomic E-state index is 0.102. The summed E-state index contributed by atoms with van der Waals surface area (Å²) in [5.74, 6) is -0.299. The van der Waals surface area contributed by atoms with Crippen LogP contribution in [0.2, 0.25) is 0 Å². The number of amides is 1. The van der Waals surface area contributed by atoms with Gasteiger partial charge < -0.3 is 4.74 Å². The molecule has 1 fully saturated rings. The second kappa shape index (κ2) is 6.75. The number of carbonyl (C=O) groups excluding carboxylic acids is 1. The van der Waals surface area contributed by atoms with Crippen LogP contribution in [0.25, 0.3) is 0 Å². The number of rotatable bonds is 6. The van der Waals surface area contributed by atoms with Crippen molar-refractivity contribution in [2.75, 3.05) is 6.61 Å². The molecule has 3 rings (SSSR count). The molecule has 0 aliphatic heterocycles. The first-order valence-electron chi connectivity index (χ1n) is 7.84. The number of nitrogens with one attached hydrogen (secondary N) is 1. The van der Waals surface area contributed by atoms with Gasteiger partial charge in [-0.05, 0) is 24.5 Å². The van der Waals surface area contributed by atoms with Crippen molar-refractivity contribution in [2.45, 2.75) is 18.9 Å². The maximum Gasteiger partial charge on any atom is 0.246 e. The molecule has 2 unspecified atom stereocenters. The summed E-state index contributed by atoms with van der Waals surface area (Å²) in [6.07, 6.45) is 2.34. The molecule has 4 heteroatoms. The summed E-state index contributed by atoms with van der Waals surface area (Å²) >= 11 is 0. The molecule has 0 radical (unpaired) electrons. The zero-order valence-corrected chi connectivity index (χ0v) is 13.1. The highest BCUT2D eigenvalue weighted by Gasteiger charge is 2.60. The molecule has 118 valence electrons. The fourth-order valence-electron chi connectivity index (χ4n) is 2.88. The Morgan fingerprint density at radius 2 is 1.87 bits per heavy atom. The molecule has 2 aromatic carbocycles. The highest BCUT2D eigenvalue weighted by Crippen LogP contribution is 2.55. The van der Waals surface area contributed by atoms with Crippen molar-refractivity contribution >= 4 is 12.1 Å². The largest absolute Gasteiger partial charge is 0.370 e. The Balaban J connectivity index is 1.65. The van der Waals surface area contributed by atoms with Gasteiger partial charge in [0.2, 0.25) is 5.91 Å². The van der Waals surface area contributed by atoms with E-state index in [0.29, 0.717) is 13.0 Å². The minimum Gasteiger partial charge on any atom is -0.370 e. The Hall–Kier alpha value is -2.46. The van der Waals surface area contributed by atoms with E-state index in [1.807, 2.05) is 67.6 Å². The average Bonchev–Trinajstić information content (AvgIpc) is 3.33. The predicted molar refractivity (Wildman–Crippen MR) is 90.0 cm³/mol. The normalized spacial score (nSPS) is 22.9. The van der Waals surface area contributed by atoms with Crippen LogP contribution in [0.4, 0.5) is 0 Å². The van der Waals surface area contributed by atoms with Crippen molar-refractivity contribution in [3.63, 3.8) is 0 Å². The van der Waals surface area contributed by atoms with E-state index in [1.165, 1.54) is 0 Å². The lowest BCUT2D eigenvalue weighted by molar-refractivity contribution is -0.124. The molecule has 4 nitrogen and oxygen atoms in total. The van der Waals surface area contributed by atoms with Gasteiger partial charge in [0.25, 0.3) is 0 Å². The summed E-state index contributed by atoms with van der Waals surface area (Å²) in [6.45, 7) is 2.53. The molecule has 1 N–H and O–H groups in total. The van der Waals surface area contributed by atoms with Gasteiger partial charge >= 0.3 is 0 Å². The van der Waals surface area contributed by atoms with Crippen LogP contribution in [0.1, 0.15) is 24.5 Å². The first kappa shape index (κ1) is 15.4. The van der Waals surface area contributed by atoms with Crippen LogP contribution >= 0.6 is 0 Å². The van der Waals surface area contributed by atoms with Crippen molar-refractivity contribution in [3.05, 3.63) is 71.8 Å². The van der Waals surface area contributed by atoms with Crippen LogP contribution < -0.4 is 5.43 Å². The standard InChI is InChI=1S/C19H20N2O2/c1-2-23-19(16-11-7-4-8-12-16)13-17(19)18(22)21-20-14-15-9-5-3-6-10-15/h3-12,14,17H,2,13H2,1H3,(H,21,22). The lowest BCUT2D eigenvalue weighted by Gasteiger charge is -2.17. The summed E-state index contributed by atoms with van der Waals surface area (Å²) in [5.41, 5.74) is 4.13. The Bertz CT molecular complexity index is 685. The van der Waals surface area contributed by atoms with Gasteiger partial charge in [-0.3, -0.25) is 4.79 Å². The van der Waals surface area contributed by atoms with Crippen molar-refractivity contribution in [1.29, 1.82) is 0 Å².